The van der Waals surface area contributed by atoms with E-state index in [0.29, 0.717) is 0 Å². The molecule has 0 aliphatic rings. The number of anilines is 1. The van der Waals surface area contributed by atoms with E-state index in [0.717, 1.165) is 23.1 Å². The Morgan fingerprint density at radius 1 is 1.15 bits per heavy atom. The molecule has 0 fully saturated rings. The average Bonchev–Trinajstić information content (AvgIpc) is 2.58. The van der Waals surface area contributed by atoms with Gasteiger partial charge in [-0.1, -0.05) is 32.0 Å². The molecule has 1 aromatic heterocycles. The molecule has 1 N–H and O–H groups in total. The predicted octanol–water partition coefficient (Wildman–Crippen LogP) is 3.00. The maximum atomic E-state index is 12.3. The van der Waals surface area contributed by atoms with Gasteiger partial charge in [-0.25, -0.2) is 8.42 Å². The van der Waals surface area contributed by atoms with Crippen LogP contribution in [0.5, 0.6) is 0 Å². The van der Waals surface area contributed by atoms with Gasteiger partial charge in [0, 0.05) is 37.6 Å². The first-order valence-corrected chi connectivity index (χ1v) is 10.3. The number of carbonyl (C=O) groups is 1. The molecule has 0 aliphatic heterocycles. The SMILES string of the molecule is CC(C)c1ccccc1NC(=O)CCN(Cc1ccncc1)S(C)(=O)=O. The Morgan fingerprint density at radius 2 is 1.81 bits per heavy atom. The summed E-state index contributed by atoms with van der Waals surface area (Å²) in [5, 5.41) is 2.89. The lowest BCUT2D eigenvalue weighted by Gasteiger charge is -2.20. The minimum absolute atomic E-state index is 0.0879. The van der Waals surface area contributed by atoms with Crippen LogP contribution in [0.1, 0.15) is 37.3 Å². The number of rotatable bonds is 8. The highest BCUT2D eigenvalue weighted by atomic mass is 32.2. The summed E-state index contributed by atoms with van der Waals surface area (Å²) in [5.74, 6) is 0.0761. The molecule has 0 atom stereocenters. The summed E-state index contributed by atoms with van der Waals surface area (Å²) in [4.78, 5) is 16.3. The van der Waals surface area contributed by atoms with Crippen molar-refractivity contribution in [2.75, 3.05) is 18.1 Å². The van der Waals surface area contributed by atoms with E-state index >= 15 is 0 Å². The molecular formula is C19H25N3O3S. The number of pyridine rings is 1. The molecule has 0 saturated heterocycles. The van der Waals surface area contributed by atoms with Crippen LogP contribution >= 0.6 is 0 Å². The van der Waals surface area contributed by atoms with Crippen LogP contribution in [0.3, 0.4) is 0 Å². The number of hydrogen-bond donors (Lipinski definition) is 1. The molecule has 1 heterocycles. The van der Waals surface area contributed by atoms with Gasteiger partial charge in [-0.2, -0.15) is 4.31 Å². The minimum atomic E-state index is -3.42. The summed E-state index contributed by atoms with van der Waals surface area (Å²) in [7, 11) is -3.42. The number of sulfonamides is 1. The van der Waals surface area contributed by atoms with Crippen LogP contribution in [0, 0.1) is 0 Å². The zero-order chi connectivity index (χ0) is 19.2. The molecule has 0 unspecified atom stereocenters. The van der Waals surface area contributed by atoms with Gasteiger partial charge < -0.3 is 5.32 Å². The molecule has 7 heteroatoms. The Hall–Kier alpha value is -2.25. The van der Waals surface area contributed by atoms with Crippen molar-refractivity contribution in [1.29, 1.82) is 0 Å². The van der Waals surface area contributed by atoms with Gasteiger partial charge in [-0.3, -0.25) is 9.78 Å². The van der Waals surface area contributed by atoms with E-state index in [9.17, 15) is 13.2 Å². The zero-order valence-electron chi connectivity index (χ0n) is 15.3. The van der Waals surface area contributed by atoms with E-state index in [2.05, 4.69) is 24.1 Å². The van der Waals surface area contributed by atoms with Gasteiger partial charge in [0.25, 0.3) is 0 Å². The van der Waals surface area contributed by atoms with Crippen molar-refractivity contribution in [3.63, 3.8) is 0 Å². The van der Waals surface area contributed by atoms with Gasteiger partial charge in [-0.15, -0.1) is 0 Å². The molecule has 0 spiro atoms. The van der Waals surface area contributed by atoms with Crippen molar-refractivity contribution in [3.8, 4) is 0 Å². The van der Waals surface area contributed by atoms with Crippen molar-refractivity contribution >= 4 is 21.6 Å². The summed E-state index contributed by atoms with van der Waals surface area (Å²) >= 11 is 0. The lowest BCUT2D eigenvalue weighted by molar-refractivity contribution is -0.116. The second-order valence-electron chi connectivity index (χ2n) is 6.49. The molecule has 2 aromatic rings. The second kappa shape index (κ2) is 8.91. The first kappa shape index (κ1) is 20.1. The maximum absolute atomic E-state index is 12.3. The van der Waals surface area contributed by atoms with Crippen molar-refractivity contribution in [2.45, 2.75) is 32.7 Å². The van der Waals surface area contributed by atoms with Gasteiger partial charge in [0.1, 0.15) is 0 Å². The Kier molecular flexibility index (Phi) is 6.88. The number of carbonyl (C=O) groups excluding carboxylic acids is 1. The van der Waals surface area contributed by atoms with Gasteiger partial charge in [0.05, 0.1) is 6.26 Å². The van der Waals surface area contributed by atoms with E-state index in [-0.39, 0.29) is 31.3 Å². The van der Waals surface area contributed by atoms with E-state index in [1.165, 1.54) is 4.31 Å². The highest BCUT2D eigenvalue weighted by Crippen LogP contribution is 2.23. The lowest BCUT2D eigenvalue weighted by Crippen LogP contribution is -2.32. The van der Waals surface area contributed by atoms with Gasteiger partial charge in [0.15, 0.2) is 0 Å². The molecule has 0 radical (unpaired) electrons. The van der Waals surface area contributed by atoms with Crippen LogP contribution in [0.2, 0.25) is 0 Å². The Morgan fingerprint density at radius 3 is 2.42 bits per heavy atom. The first-order valence-electron chi connectivity index (χ1n) is 8.50. The van der Waals surface area contributed by atoms with Crippen LogP contribution in [-0.4, -0.2) is 36.4 Å². The fourth-order valence-corrected chi connectivity index (χ4v) is 3.41. The van der Waals surface area contributed by atoms with Crippen LogP contribution in [0.15, 0.2) is 48.8 Å². The van der Waals surface area contributed by atoms with E-state index in [1.807, 2.05) is 24.3 Å². The van der Waals surface area contributed by atoms with E-state index in [4.69, 9.17) is 0 Å². The third kappa shape index (κ3) is 5.93. The smallest absolute Gasteiger partial charge is 0.225 e. The number of nitrogens with one attached hydrogen (secondary N) is 1. The summed E-state index contributed by atoms with van der Waals surface area (Å²) in [6, 6.07) is 11.2. The lowest BCUT2D eigenvalue weighted by atomic mass is 10.0. The minimum Gasteiger partial charge on any atom is -0.326 e. The van der Waals surface area contributed by atoms with Crippen molar-refractivity contribution < 1.29 is 13.2 Å². The number of hydrogen-bond acceptors (Lipinski definition) is 4. The molecule has 0 bridgehead atoms. The molecular weight excluding hydrogens is 350 g/mol. The normalized spacial score (nSPS) is 11.7. The highest BCUT2D eigenvalue weighted by Gasteiger charge is 2.19. The van der Waals surface area contributed by atoms with Crippen LogP contribution < -0.4 is 5.32 Å². The number of para-hydroxylation sites is 1. The topological polar surface area (TPSA) is 79.4 Å². The fraction of sp³-hybridized carbons (Fsp3) is 0.368. The zero-order valence-corrected chi connectivity index (χ0v) is 16.2. The number of amides is 1. The third-order valence-electron chi connectivity index (χ3n) is 4.02. The fourth-order valence-electron chi connectivity index (χ4n) is 2.61. The maximum Gasteiger partial charge on any atom is 0.225 e. The molecule has 2 rings (SSSR count). The summed E-state index contributed by atoms with van der Waals surface area (Å²) in [5.41, 5.74) is 2.65. The molecule has 0 saturated carbocycles. The van der Waals surface area contributed by atoms with Gasteiger partial charge in [-0.05, 0) is 35.2 Å². The van der Waals surface area contributed by atoms with Crippen molar-refractivity contribution in [2.24, 2.45) is 0 Å². The third-order valence-corrected chi connectivity index (χ3v) is 5.27. The van der Waals surface area contributed by atoms with Crippen LogP contribution in [0.4, 0.5) is 5.69 Å². The van der Waals surface area contributed by atoms with Crippen molar-refractivity contribution in [1.82, 2.24) is 9.29 Å². The molecule has 1 aromatic carbocycles. The Labute approximate surface area is 155 Å². The second-order valence-corrected chi connectivity index (χ2v) is 8.47. The number of aromatic nitrogens is 1. The molecule has 26 heavy (non-hydrogen) atoms. The first-order chi connectivity index (χ1) is 12.3. The van der Waals surface area contributed by atoms with Gasteiger partial charge >= 0.3 is 0 Å². The van der Waals surface area contributed by atoms with Crippen LogP contribution in [0.25, 0.3) is 0 Å². The summed E-state index contributed by atoms with van der Waals surface area (Å²) < 4.78 is 25.4. The average molecular weight is 375 g/mol. The van der Waals surface area contributed by atoms with Gasteiger partial charge in [0.2, 0.25) is 15.9 Å². The van der Waals surface area contributed by atoms with E-state index in [1.54, 1.807) is 24.5 Å². The molecule has 6 nitrogen and oxygen atoms in total. The largest absolute Gasteiger partial charge is 0.326 e. The molecule has 1 amide bonds. The Balaban J connectivity index is 2.01. The quantitative estimate of drug-likeness (QED) is 0.769. The molecule has 0 aliphatic carbocycles. The predicted molar refractivity (Wildman–Crippen MR) is 103 cm³/mol. The Bertz CT molecular complexity index is 836. The van der Waals surface area contributed by atoms with Crippen molar-refractivity contribution in [3.05, 3.63) is 59.9 Å². The summed E-state index contributed by atoms with van der Waals surface area (Å²) in [6.07, 6.45) is 4.47. The standard InChI is InChI=1S/C19H25N3O3S/c1-15(2)17-6-4-5-7-18(17)21-19(23)10-13-22(26(3,24)25)14-16-8-11-20-12-9-16/h4-9,11-12,15H,10,13-14H2,1-3H3,(H,21,23). The monoisotopic (exact) mass is 375 g/mol. The summed E-state index contributed by atoms with van der Waals surface area (Å²) in [6.45, 7) is 4.46. The number of nitrogens with zero attached hydrogens (tertiary/aromatic N) is 2. The van der Waals surface area contributed by atoms with Crippen LogP contribution in [-0.2, 0) is 21.4 Å². The number of benzene rings is 1. The highest BCUT2D eigenvalue weighted by molar-refractivity contribution is 7.88. The van der Waals surface area contributed by atoms with E-state index < -0.39 is 10.0 Å². The molecule has 140 valence electrons.